The first kappa shape index (κ1) is 19.8. The molecule has 4 N–H and O–H groups in total. The topological polar surface area (TPSA) is 82.3 Å². The highest BCUT2D eigenvalue weighted by Crippen LogP contribution is 2.48. The number of unbranched alkanes of at least 4 members (excludes halogenated alkanes) is 1. The molecule has 0 aliphatic heterocycles. The van der Waals surface area contributed by atoms with Crippen molar-refractivity contribution in [1.82, 2.24) is 21.3 Å². The quantitative estimate of drug-likeness (QED) is 0.456. The molecule has 4 fully saturated rings. The number of nitrogens with one attached hydrogen (secondary N) is 4. The van der Waals surface area contributed by atoms with E-state index in [1.165, 1.54) is 51.4 Å². The molecule has 4 bridgehead atoms. The normalized spacial score (nSPS) is 35.1. The summed E-state index contributed by atoms with van der Waals surface area (Å²) in [6.07, 6.45) is 12.7. The molecule has 0 saturated heterocycles. The zero-order chi connectivity index (χ0) is 19.3. The molecule has 0 aromatic rings. The molecule has 28 heavy (non-hydrogen) atoms. The van der Waals surface area contributed by atoms with Crippen LogP contribution in [0.15, 0.2) is 0 Å². The van der Waals surface area contributed by atoms with Gasteiger partial charge in [0.2, 0.25) is 0 Å². The van der Waals surface area contributed by atoms with Crippen molar-refractivity contribution >= 4 is 12.1 Å². The number of carbonyl (C=O) groups excluding carboxylic acids is 2. The van der Waals surface area contributed by atoms with E-state index in [-0.39, 0.29) is 12.1 Å². The van der Waals surface area contributed by atoms with Crippen LogP contribution in [0.4, 0.5) is 9.59 Å². The minimum absolute atomic E-state index is 0.0423. The van der Waals surface area contributed by atoms with Crippen LogP contribution in [0.3, 0.4) is 0 Å². The lowest BCUT2D eigenvalue weighted by Crippen LogP contribution is -2.40. The van der Waals surface area contributed by atoms with E-state index in [0.717, 1.165) is 49.6 Å². The number of urea groups is 2. The van der Waals surface area contributed by atoms with Crippen molar-refractivity contribution in [3.8, 4) is 0 Å². The summed E-state index contributed by atoms with van der Waals surface area (Å²) in [6, 6.07) is -0.0846. The van der Waals surface area contributed by atoms with Crippen LogP contribution in [0, 0.1) is 35.5 Å². The van der Waals surface area contributed by atoms with E-state index >= 15 is 0 Å². The summed E-state index contributed by atoms with van der Waals surface area (Å²) in [5, 5.41) is 12.0. The van der Waals surface area contributed by atoms with E-state index in [2.05, 4.69) is 21.3 Å². The van der Waals surface area contributed by atoms with Gasteiger partial charge in [-0.1, -0.05) is 12.8 Å². The minimum Gasteiger partial charge on any atom is -0.338 e. The van der Waals surface area contributed by atoms with Gasteiger partial charge in [-0.25, -0.2) is 9.59 Å². The molecule has 6 atom stereocenters. The summed E-state index contributed by atoms with van der Waals surface area (Å²) in [6.45, 7) is 2.99. The lowest BCUT2D eigenvalue weighted by atomic mass is 9.89. The molecule has 0 heterocycles. The molecule has 158 valence electrons. The minimum atomic E-state index is -0.0423. The zero-order valence-electron chi connectivity index (χ0n) is 17.2. The highest BCUT2D eigenvalue weighted by Gasteiger charge is 2.40. The van der Waals surface area contributed by atoms with Gasteiger partial charge in [-0.3, -0.25) is 0 Å². The monoisotopic (exact) mass is 390 g/mol. The van der Waals surface area contributed by atoms with E-state index in [4.69, 9.17) is 0 Å². The fraction of sp³-hybridized carbons (Fsp3) is 0.909. The van der Waals surface area contributed by atoms with Gasteiger partial charge in [0.25, 0.3) is 0 Å². The Balaban J connectivity index is 0.962. The summed E-state index contributed by atoms with van der Waals surface area (Å²) >= 11 is 0. The fourth-order valence-corrected chi connectivity index (χ4v) is 6.48. The second-order valence-corrected chi connectivity index (χ2v) is 9.85. The second kappa shape index (κ2) is 9.36. The van der Waals surface area contributed by atoms with E-state index in [0.29, 0.717) is 24.9 Å². The van der Waals surface area contributed by atoms with Gasteiger partial charge in [-0.15, -0.1) is 0 Å². The molecule has 4 aliphatic rings. The van der Waals surface area contributed by atoms with Gasteiger partial charge in [0.05, 0.1) is 0 Å². The van der Waals surface area contributed by atoms with Gasteiger partial charge in [0.15, 0.2) is 0 Å². The average molecular weight is 391 g/mol. The molecule has 0 aromatic carbocycles. The Kier molecular flexibility index (Phi) is 6.63. The van der Waals surface area contributed by atoms with Gasteiger partial charge in [-0.2, -0.15) is 0 Å². The molecule has 4 saturated carbocycles. The fourth-order valence-electron chi connectivity index (χ4n) is 6.48. The Morgan fingerprint density at radius 3 is 1.43 bits per heavy atom. The number of fused-ring (bicyclic) bond motifs is 4. The zero-order valence-corrected chi connectivity index (χ0v) is 17.2. The number of hydrogen-bond acceptors (Lipinski definition) is 2. The van der Waals surface area contributed by atoms with Crippen molar-refractivity contribution in [2.24, 2.45) is 35.5 Å². The van der Waals surface area contributed by atoms with E-state index in [1.807, 2.05) is 0 Å². The maximum absolute atomic E-state index is 11.9. The number of amides is 4. The molecule has 6 heteroatoms. The maximum Gasteiger partial charge on any atom is 0.314 e. The van der Waals surface area contributed by atoms with Crippen molar-refractivity contribution in [2.75, 3.05) is 26.2 Å². The van der Waals surface area contributed by atoms with Gasteiger partial charge in [0, 0.05) is 26.2 Å². The third kappa shape index (κ3) is 5.12. The van der Waals surface area contributed by atoms with E-state index in [1.54, 1.807) is 0 Å². The van der Waals surface area contributed by atoms with Crippen LogP contribution in [0.5, 0.6) is 0 Å². The smallest absolute Gasteiger partial charge is 0.314 e. The van der Waals surface area contributed by atoms with Crippen LogP contribution < -0.4 is 21.3 Å². The predicted molar refractivity (Wildman–Crippen MR) is 110 cm³/mol. The van der Waals surface area contributed by atoms with Crippen LogP contribution in [-0.4, -0.2) is 38.2 Å². The molecule has 4 amide bonds. The summed E-state index contributed by atoms with van der Waals surface area (Å²) in [5.74, 6) is 4.96. The molecule has 4 rings (SSSR count). The number of carbonyl (C=O) groups is 2. The molecule has 0 unspecified atom stereocenters. The molecule has 0 aromatic heterocycles. The van der Waals surface area contributed by atoms with Gasteiger partial charge in [-0.05, 0) is 86.9 Å². The molecule has 0 spiro atoms. The molecular formula is C22H38N4O2. The molecule has 0 radical (unpaired) electrons. The first-order valence-corrected chi connectivity index (χ1v) is 11.7. The largest absolute Gasteiger partial charge is 0.338 e. The van der Waals surface area contributed by atoms with Crippen molar-refractivity contribution < 1.29 is 9.59 Å². The Labute approximate surface area is 169 Å². The first-order chi connectivity index (χ1) is 13.7. The van der Waals surface area contributed by atoms with Gasteiger partial charge >= 0.3 is 12.1 Å². The SMILES string of the molecule is O=C(NCCCCNC(=O)NC[C@H]1C[C@H]2CC[C@H]1C2)NC[C@H]1C[C@H]2CC[C@H]1C2. The van der Waals surface area contributed by atoms with Crippen LogP contribution in [0.25, 0.3) is 0 Å². The number of hydrogen-bond donors (Lipinski definition) is 4. The highest BCUT2D eigenvalue weighted by atomic mass is 16.2. The molecule has 4 aliphatic carbocycles. The molecule has 6 nitrogen and oxygen atoms in total. The van der Waals surface area contributed by atoms with Crippen LogP contribution in [0.2, 0.25) is 0 Å². The Hall–Kier alpha value is -1.46. The standard InChI is InChI=1S/C22H38N4O2/c27-21(25-13-19-11-15-3-5-17(19)9-15)23-7-1-2-8-24-22(28)26-14-20-12-16-4-6-18(20)10-16/h15-20H,1-14H2,(H2,23,25,27)(H2,24,26,28)/t15-,16-,17-,18-,19+,20+/m0/s1. The number of rotatable bonds is 9. The lowest BCUT2D eigenvalue weighted by Gasteiger charge is -2.22. The van der Waals surface area contributed by atoms with Gasteiger partial charge in [0.1, 0.15) is 0 Å². The Morgan fingerprint density at radius 2 is 1.07 bits per heavy atom. The summed E-state index contributed by atoms with van der Waals surface area (Å²) in [5.41, 5.74) is 0. The first-order valence-electron chi connectivity index (χ1n) is 11.7. The third-order valence-corrected chi connectivity index (χ3v) is 7.99. The summed E-state index contributed by atoms with van der Waals surface area (Å²) in [4.78, 5) is 23.8. The van der Waals surface area contributed by atoms with Crippen molar-refractivity contribution in [1.29, 1.82) is 0 Å². The van der Waals surface area contributed by atoms with Gasteiger partial charge < -0.3 is 21.3 Å². The maximum atomic E-state index is 11.9. The van der Waals surface area contributed by atoms with E-state index in [9.17, 15) is 9.59 Å². The molecular weight excluding hydrogens is 352 g/mol. The Bertz CT molecular complexity index is 507. The van der Waals surface area contributed by atoms with Crippen molar-refractivity contribution in [3.05, 3.63) is 0 Å². The van der Waals surface area contributed by atoms with Crippen molar-refractivity contribution in [2.45, 2.75) is 64.2 Å². The van der Waals surface area contributed by atoms with E-state index < -0.39 is 0 Å². The van der Waals surface area contributed by atoms with Crippen LogP contribution in [-0.2, 0) is 0 Å². The predicted octanol–water partition coefficient (Wildman–Crippen LogP) is 3.24. The lowest BCUT2D eigenvalue weighted by molar-refractivity contribution is 0.232. The van der Waals surface area contributed by atoms with Crippen LogP contribution in [0.1, 0.15) is 64.2 Å². The summed E-state index contributed by atoms with van der Waals surface area (Å²) < 4.78 is 0. The second-order valence-electron chi connectivity index (χ2n) is 9.85. The third-order valence-electron chi connectivity index (χ3n) is 7.99. The highest BCUT2D eigenvalue weighted by molar-refractivity contribution is 5.74. The Morgan fingerprint density at radius 1 is 0.607 bits per heavy atom. The average Bonchev–Trinajstić information content (AvgIpc) is 3.48. The van der Waals surface area contributed by atoms with Crippen LogP contribution >= 0.6 is 0 Å². The van der Waals surface area contributed by atoms with Crippen molar-refractivity contribution in [3.63, 3.8) is 0 Å². The summed E-state index contributed by atoms with van der Waals surface area (Å²) in [7, 11) is 0.